The van der Waals surface area contributed by atoms with Gasteiger partial charge in [-0.1, -0.05) is 31.5 Å². The van der Waals surface area contributed by atoms with Crippen molar-refractivity contribution in [1.82, 2.24) is 5.32 Å². The number of hydrogen-bond acceptors (Lipinski definition) is 2. The first-order valence-corrected chi connectivity index (χ1v) is 6.72. The third-order valence-corrected chi connectivity index (χ3v) is 2.94. The van der Waals surface area contributed by atoms with Crippen molar-refractivity contribution in [3.63, 3.8) is 0 Å². The molecule has 1 N–H and O–H groups in total. The molecule has 0 aliphatic rings. The van der Waals surface area contributed by atoms with E-state index in [4.69, 9.17) is 16.3 Å². The molecule has 1 aromatic carbocycles. The Morgan fingerprint density at radius 1 is 1.29 bits per heavy atom. The first kappa shape index (κ1) is 14.3. The van der Waals surface area contributed by atoms with Crippen LogP contribution in [-0.4, -0.2) is 13.2 Å². The van der Waals surface area contributed by atoms with Gasteiger partial charge in [0, 0.05) is 11.1 Å². The van der Waals surface area contributed by atoms with Crippen molar-refractivity contribution < 1.29 is 4.74 Å². The molecule has 0 aliphatic carbocycles. The largest absolute Gasteiger partial charge is 0.494 e. The fraction of sp³-hybridized carbons (Fsp3) is 0.571. The number of halogens is 1. The molecule has 0 saturated heterocycles. The third kappa shape index (κ3) is 4.57. The van der Waals surface area contributed by atoms with E-state index in [-0.39, 0.29) is 6.04 Å². The maximum absolute atomic E-state index is 6.26. The molecule has 0 radical (unpaired) electrons. The molecule has 0 saturated carbocycles. The molecular weight excluding hydrogens is 234 g/mol. The summed E-state index contributed by atoms with van der Waals surface area (Å²) in [6.07, 6.45) is 2.13. The summed E-state index contributed by atoms with van der Waals surface area (Å²) < 4.78 is 5.55. The van der Waals surface area contributed by atoms with Crippen LogP contribution in [0, 0.1) is 0 Å². The van der Waals surface area contributed by atoms with Crippen molar-refractivity contribution in [1.29, 1.82) is 0 Å². The zero-order valence-electron chi connectivity index (χ0n) is 10.9. The molecule has 0 aromatic heterocycles. The summed E-state index contributed by atoms with van der Waals surface area (Å²) in [7, 11) is 0. The van der Waals surface area contributed by atoms with Gasteiger partial charge in [0.15, 0.2) is 0 Å². The molecule has 0 spiro atoms. The van der Waals surface area contributed by atoms with Crippen LogP contribution in [0.15, 0.2) is 18.2 Å². The van der Waals surface area contributed by atoms with Crippen molar-refractivity contribution in [3.05, 3.63) is 28.8 Å². The fourth-order valence-corrected chi connectivity index (χ4v) is 1.97. The van der Waals surface area contributed by atoms with Crippen LogP contribution in [0.3, 0.4) is 0 Å². The van der Waals surface area contributed by atoms with Gasteiger partial charge < -0.3 is 10.1 Å². The van der Waals surface area contributed by atoms with E-state index in [1.807, 2.05) is 18.2 Å². The SMILES string of the molecule is CCCNC(C)c1ccc(OCCC)cc1Cl. The van der Waals surface area contributed by atoms with Gasteiger partial charge in [-0.25, -0.2) is 0 Å². The molecule has 1 rings (SSSR count). The smallest absolute Gasteiger partial charge is 0.120 e. The van der Waals surface area contributed by atoms with E-state index in [0.717, 1.165) is 42.3 Å². The molecule has 0 bridgehead atoms. The van der Waals surface area contributed by atoms with E-state index >= 15 is 0 Å². The average molecular weight is 256 g/mol. The van der Waals surface area contributed by atoms with E-state index in [9.17, 15) is 0 Å². The minimum absolute atomic E-state index is 0.280. The van der Waals surface area contributed by atoms with E-state index in [2.05, 4.69) is 26.1 Å². The standard InChI is InChI=1S/C14H22ClNO/c1-4-8-16-11(3)13-7-6-12(10-14(13)15)17-9-5-2/h6-7,10-11,16H,4-5,8-9H2,1-3H3. The van der Waals surface area contributed by atoms with E-state index < -0.39 is 0 Å². The lowest BCUT2D eigenvalue weighted by molar-refractivity contribution is 0.317. The summed E-state index contributed by atoms with van der Waals surface area (Å²) in [5, 5.41) is 4.20. The summed E-state index contributed by atoms with van der Waals surface area (Å²) in [5.41, 5.74) is 1.13. The monoisotopic (exact) mass is 255 g/mol. The molecule has 1 atom stereocenters. The van der Waals surface area contributed by atoms with E-state index in [1.165, 1.54) is 0 Å². The van der Waals surface area contributed by atoms with Gasteiger partial charge >= 0.3 is 0 Å². The zero-order valence-corrected chi connectivity index (χ0v) is 11.7. The fourth-order valence-electron chi connectivity index (χ4n) is 1.64. The highest BCUT2D eigenvalue weighted by Gasteiger charge is 2.09. The quantitative estimate of drug-likeness (QED) is 0.789. The highest BCUT2D eigenvalue weighted by Crippen LogP contribution is 2.27. The molecule has 3 heteroatoms. The van der Waals surface area contributed by atoms with Crippen LogP contribution in [0.5, 0.6) is 5.75 Å². The zero-order chi connectivity index (χ0) is 12.7. The average Bonchev–Trinajstić information content (AvgIpc) is 2.33. The highest BCUT2D eigenvalue weighted by atomic mass is 35.5. The summed E-state index contributed by atoms with van der Waals surface area (Å²) in [5.74, 6) is 0.850. The van der Waals surface area contributed by atoms with Gasteiger partial charge in [-0.3, -0.25) is 0 Å². The normalized spacial score (nSPS) is 12.5. The Labute approximate surface area is 109 Å². The summed E-state index contributed by atoms with van der Waals surface area (Å²) in [6.45, 7) is 8.12. The predicted octanol–water partition coefficient (Wildman–Crippen LogP) is 4.19. The Balaban J connectivity index is 2.68. The van der Waals surface area contributed by atoms with Crippen LogP contribution in [0.2, 0.25) is 5.02 Å². The molecule has 0 heterocycles. The van der Waals surface area contributed by atoms with Crippen molar-refractivity contribution >= 4 is 11.6 Å². The number of benzene rings is 1. The molecule has 2 nitrogen and oxygen atoms in total. The lowest BCUT2D eigenvalue weighted by atomic mass is 10.1. The van der Waals surface area contributed by atoms with Crippen LogP contribution in [0.1, 0.15) is 45.2 Å². The van der Waals surface area contributed by atoms with Gasteiger partial charge in [-0.05, 0) is 44.0 Å². The molecule has 17 heavy (non-hydrogen) atoms. The maximum atomic E-state index is 6.26. The van der Waals surface area contributed by atoms with Gasteiger partial charge in [-0.2, -0.15) is 0 Å². The van der Waals surface area contributed by atoms with Crippen LogP contribution in [0.25, 0.3) is 0 Å². The maximum Gasteiger partial charge on any atom is 0.120 e. The minimum atomic E-state index is 0.280. The first-order chi connectivity index (χ1) is 8.19. The molecule has 1 aromatic rings. The van der Waals surface area contributed by atoms with Crippen molar-refractivity contribution in [2.24, 2.45) is 0 Å². The molecule has 0 aliphatic heterocycles. The molecule has 0 amide bonds. The van der Waals surface area contributed by atoms with E-state index in [1.54, 1.807) is 0 Å². The topological polar surface area (TPSA) is 21.3 Å². The number of ether oxygens (including phenoxy) is 1. The Bertz CT molecular complexity index is 341. The Hall–Kier alpha value is -0.730. The summed E-state index contributed by atoms with van der Waals surface area (Å²) in [6, 6.07) is 6.21. The van der Waals surface area contributed by atoms with Gasteiger partial charge in [0.05, 0.1) is 6.61 Å². The number of nitrogens with one attached hydrogen (secondary N) is 1. The van der Waals surface area contributed by atoms with Crippen molar-refractivity contribution in [2.45, 2.75) is 39.7 Å². The minimum Gasteiger partial charge on any atom is -0.494 e. The molecule has 96 valence electrons. The van der Waals surface area contributed by atoms with Crippen molar-refractivity contribution in [2.75, 3.05) is 13.2 Å². The number of hydrogen-bond donors (Lipinski definition) is 1. The van der Waals surface area contributed by atoms with Gasteiger partial charge in [0.25, 0.3) is 0 Å². The van der Waals surface area contributed by atoms with E-state index in [0.29, 0.717) is 0 Å². The van der Waals surface area contributed by atoms with Crippen LogP contribution >= 0.6 is 11.6 Å². The van der Waals surface area contributed by atoms with Gasteiger partial charge in [0.1, 0.15) is 5.75 Å². The Morgan fingerprint density at radius 2 is 2.06 bits per heavy atom. The predicted molar refractivity (Wildman–Crippen MR) is 73.9 cm³/mol. The lowest BCUT2D eigenvalue weighted by Crippen LogP contribution is -2.19. The van der Waals surface area contributed by atoms with Gasteiger partial charge in [0.2, 0.25) is 0 Å². The highest BCUT2D eigenvalue weighted by molar-refractivity contribution is 6.31. The van der Waals surface area contributed by atoms with Crippen LogP contribution < -0.4 is 10.1 Å². The second kappa shape index (κ2) is 7.57. The Morgan fingerprint density at radius 3 is 2.65 bits per heavy atom. The van der Waals surface area contributed by atoms with Gasteiger partial charge in [-0.15, -0.1) is 0 Å². The first-order valence-electron chi connectivity index (χ1n) is 6.34. The molecule has 1 unspecified atom stereocenters. The molecular formula is C14H22ClNO. The van der Waals surface area contributed by atoms with Crippen LogP contribution in [-0.2, 0) is 0 Å². The summed E-state index contributed by atoms with van der Waals surface area (Å²) >= 11 is 6.26. The Kier molecular flexibility index (Phi) is 6.38. The lowest BCUT2D eigenvalue weighted by Gasteiger charge is -2.16. The second-order valence-corrected chi connectivity index (χ2v) is 4.61. The summed E-state index contributed by atoms with van der Waals surface area (Å²) in [4.78, 5) is 0. The third-order valence-electron chi connectivity index (χ3n) is 2.61. The number of rotatable bonds is 7. The molecule has 0 fully saturated rings. The van der Waals surface area contributed by atoms with Crippen molar-refractivity contribution in [3.8, 4) is 5.75 Å². The van der Waals surface area contributed by atoms with Crippen LogP contribution in [0.4, 0.5) is 0 Å². The second-order valence-electron chi connectivity index (χ2n) is 4.21.